The first-order valence-corrected chi connectivity index (χ1v) is 10.7. The molecule has 158 valence electrons. The SMILES string of the molecule is CC(C)CN1CCN(CC(=O)Cc2cc3cc(-c4cnn(C)c4)cnc3cn2)CC1. The van der Waals surface area contributed by atoms with Crippen LogP contribution in [0.4, 0.5) is 0 Å². The topological polar surface area (TPSA) is 67.2 Å². The van der Waals surface area contributed by atoms with Crippen LogP contribution in [0.2, 0.25) is 0 Å². The van der Waals surface area contributed by atoms with Crippen LogP contribution in [0, 0.1) is 5.92 Å². The summed E-state index contributed by atoms with van der Waals surface area (Å²) in [7, 11) is 1.90. The lowest BCUT2D eigenvalue weighted by Crippen LogP contribution is -2.48. The molecule has 0 spiro atoms. The Hall–Kier alpha value is -2.64. The van der Waals surface area contributed by atoms with Crippen molar-refractivity contribution < 1.29 is 4.79 Å². The number of aryl methyl sites for hydroxylation is 1. The van der Waals surface area contributed by atoms with Crippen molar-refractivity contribution in [3.8, 4) is 11.1 Å². The van der Waals surface area contributed by atoms with Gasteiger partial charge in [-0.25, -0.2) is 0 Å². The summed E-state index contributed by atoms with van der Waals surface area (Å²) in [6, 6.07) is 4.07. The molecule has 3 aromatic rings. The van der Waals surface area contributed by atoms with Gasteiger partial charge in [0.05, 0.1) is 30.9 Å². The molecule has 1 aliphatic heterocycles. The highest BCUT2D eigenvalue weighted by molar-refractivity contribution is 5.86. The van der Waals surface area contributed by atoms with E-state index in [2.05, 4.69) is 44.8 Å². The van der Waals surface area contributed by atoms with Gasteiger partial charge in [-0.1, -0.05) is 13.8 Å². The molecule has 7 heteroatoms. The number of hydrogen-bond donors (Lipinski definition) is 0. The maximum absolute atomic E-state index is 12.6. The van der Waals surface area contributed by atoms with Crippen LogP contribution in [0.3, 0.4) is 0 Å². The molecule has 1 saturated heterocycles. The Bertz CT molecular complexity index is 1020. The number of ketones is 1. The van der Waals surface area contributed by atoms with Gasteiger partial charge in [-0.2, -0.15) is 5.10 Å². The molecule has 1 aliphatic rings. The third-order valence-corrected chi connectivity index (χ3v) is 5.53. The molecule has 0 aromatic carbocycles. The van der Waals surface area contributed by atoms with Crippen molar-refractivity contribution in [2.24, 2.45) is 13.0 Å². The van der Waals surface area contributed by atoms with Crippen LogP contribution in [-0.4, -0.2) is 74.6 Å². The monoisotopic (exact) mass is 406 g/mol. The summed E-state index contributed by atoms with van der Waals surface area (Å²) in [5, 5.41) is 5.22. The standard InChI is InChI=1S/C23H30N6O/c1-17(2)14-28-4-6-29(7-5-28)16-22(30)10-21-9-18-8-19(11-25-23(18)13-24-21)20-12-26-27(3)15-20/h8-9,11-13,15,17H,4-7,10,14,16H2,1-3H3. The van der Waals surface area contributed by atoms with Crippen molar-refractivity contribution in [3.05, 3.63) is 42.6 Å². The van der Waals surface area contributed by atoms with Crippen molar-refractivity contribution in [2.75, 3.05) is 39.3 Å². The van der Waals surface area contributed by atoms with Crippen LogP contribution >= 0.6 is 0 Å². The van der Waals surface area contributed by atoms with E-state index in [1.54, 1.807) is 10.9 Å². The first-order valence-electron chi connectivity index (χ1n) is 10.7. The average Bonchev–Trinajstić information content (AvgIpc) is 3.15. The van der Waals surface area contributed by atoms with Crippen molar-refractivity contribution in [1.82, 2.24) is 29.5 Å². The van der Waals surface area contributed by atoms with Gasteiger partial charge in [-0.15, -0.1) is 0 Å². The quantitative estimate of drug-likeness (QED) is 0.600. The van der Waals surface area contributed by atoms with Crippen LogP contribution in [0.15, 0.2) is 36.9 Å². The molecule has 0 unspecified atom stereocenters. The third kappa shape index (κ3) is 5.09. The molecule has 0 bridgehead atoms. The number of fused-ring (bicyclic) bond motifs is 1. The van der Waals surface area contributed by atoms with Gasteiger partial charge in [0.25, 0.3) is 0 Å². The summed E-state index contributed by atoms with van der Waals surface area (Å²) in [4.78, 5) is 26.4. The molecule has 0 aliphatic carbocycles. The molecular weight excluding hydrogens is 376 g/mol. The van der Waals surface area contributed by atoms with Gasteiger partial charge in [0.1, 0.15) is 0 Å². The maximum Gasteiger partial charge on any atom is 0.152 e. The molecule has 3 aromatic heterocycles. The number of carbonyl (C=O) groups is 1. The summed E-state index contributed by atoms with van der Waals surface area (Å²) < 4.78 is 1.78. The minimum atomic E-state index is 0.218. The van der Waals surface area contributed by atoms with Crippen LogP contribution in [0.1, 0.15) is 19.5 Å². The van der Waals surface area contributed by atoms with Gasteiger partial charge in [-0.3, -0.25) is 24.3 Å². The van der Waals surface area contributed by atoms with Crippen molar-refractivity contribution >= 4 is 16.7 Å². The Kier molecular flexibility index (Phi) is 6.20. The summed E-state index contributed by atoms with van der Waals surface area (Å²) >= 11 is 0. The summed E-state index contributed by atoms with van der Waals surface area (Å²) in [6.45, 7) is 10.2. The third-order valence-electron chi connectivity index (χ3n) is 5.53. The molecule has 0 atom stereocenters. The van der Waals surface area contributed by atoms with E-state index in [1.807, 2.05) is 31.7 Å². The van der Waals surface area contributed by atoms with E-state index in [9.17, 15) is 4.79 Å². The van der Waals surface area contributed by atoms with Crippen LogP contribution in [-0.2, 0) is 18.3 Å². The molecule has 4 heterocycles. The lowest BCUT2D eigenvalue weighted by molar-refractivity contribution is -0.120. The maximum atomic E-state index is 12.6. The van der Waals surface area contributed by atoms with E-state index in [4.69, 9.17) is 0 Å². The predicted octanol–water partition coefficient (Wildman–Crippen LogP) is 2.42. The lowest BCUT2D eigenvalue weighted by Gasteiger charge is -2.35. The van der Waals surface area contributed by atoms with Gasteiger partial charge in [0.2, 0.25) is 0 Å². The highest BCUT2D eigenvalue weighted by Gasteiger charge is 2.19. The number of pyridine rings is 2. The summed E-state index contributed by atoms with van der Waals surface area (Å²) in [5.74, 6) is 0.904. The van der Waals surface area contributed by atoms with E-state index in [-0.39, 0.29) is 5.78 Å². The minimum absolute atomic E-state index is 0.218. The first kappa shape index (κ1) is 20.6. The predicted molar refractivity (Wildman–Crippen MR) is 118 cm³/mol. The molecule has 4 rings (SSSR count). The van der Waals surface area contributed by atoms with Crippen molar-refractivity contribution in [1.29, 1.82) is 0 Å². The van der Waals surface area contributed by atoms with E-state index in [1.165, 1.54) is 0 Å². The fourth-order valence-electron chi connectivity index (χ4n) is 4.06. The van der Waals surface area contributed by atoms with Gasteiger partial charge in [0.15, 0.2) is 5.78 Å². The van der Waals surface area contributed by atoms with Gasteiger partial charge >= 0.3 is 0 Å². The highest BCUT2D eigenvalue weighted by Crippen LogP contribution is 2.22. The van der Waals surface area contributed by atoms with Gasteiger partial charge in [-0.05, 0) is 18.1 Å². The fraction of sp³-hybridized carbons (Fsp3) is 0.478. The fourth-order valence-corrected chi connectivity index (χ4v) is 4.06. The number of Topliss-reactive ketones (excluding diaryl/α,β-unsaturated/α-hetero) is 1. The zero-order valence-corrected chi connectivity index (χ0v) is 18.1. The second-order valence-corrected chi connectivity index (χ2v) is 8.68. The zero-order valence-electron chi connectivity index (χ0n) is 18.1. The van der Waals surface area contributed by atoms with Crippen LogP contribution in [0.25, 0.3) is 22.0 Å². The molecule has 0 amide bonds. The zero-order chi connectivity index (χ0) is 21.1. The van der Waals surface area contributed by atoms with Crippen molar-refractivity contribution in [2.45, 2.75) is 20.3 Å². The number of hydrogen-bond acceptors (Lipinski definition) is 6. The normalized spacial score (nSPS) is 15.9. The second-order valence-electron chi connectivity index (χ2n) is 8.68. The van der Waals surface area contributed by atoms with Gasteiger partial charge in [0, 0.05) is 74.4 Å². The number of piperazine rings is 1. The number of carbonyl (C=O) groups excluding carboxylic acids is 1. The number of aromatic nitrogens is 4. The van der Waals surface area contributed by atoms with Crippen molar-refractivity contribution in [3.63, 3.8) is 0 Å². The largest absolute Gasteiger partial charge is 0.301 e. The molecule has 1 fully saturated rings. The summed E-state index contributed by atoms with van der Waals surface area (Å²) in [6.07, 6.45) is 7.75. The molecular formula is C23H30N6O. The minimum Gasteiger partial charge on any atom is -0.301 e. The second kappa shape index (κ2) is 9.02. The Morgan fingerprint density at radius 2 is 1.77 bits per heavy atom. The number of nitrogens with zero attached hydrogens (tertiary/aromatic N) is 6. The van der Waals surface area contributed by atoms with E-state index >= 15 is 0 Å². The van der Waals surface area contributed by atoms with Crippen LogP contribution < -0.4 is 0 Å². The Morgan fingerprint density at radius 3 is 2.47 bits per heavy atom. The molecule has 0 saturated carbocycles. The van der Waals surface area contributed by atoms with Gasteiger partial charge < -0.3 is 4.90 Å². The Labute approximate surface area is 177 Å². The van der Waals surface area contributed by atoms with E-state index in [0.29, 0.717) is 18.9 Å². The number of rotatable bonds is 7. The molecule has 0 N–H and O–H groups in total. The Morgan fingerprint density at radius 1 is 1.00 bits per heavy atom. The molecule has 0 radical (unpaired) electrons. The summed E-state index contributed by atoms with van der Waals surface area (Å²) in [5.41, 5.74) is 3.67. The Balaban J connectivity index is 1.38. The molecule has 7 nitrogen and oxygen atoms in total. The lowest BCUT2D eigenvalue weighted by atomic mass is 10.1. The highest BCUT2D eigenvalue weighted by atomic mass is 16.1. The van der Waals surface area contributed by atoms with Crippen LogP contribution in [0.5, 0.6) is 0 Å². The average molecular weight is 407 g/mol. The smallest absolute Gasteiger partial charge is 0.152 e. The molecule has 30 heavy (non-hydrogen) atoms. The first-order chi connectivity index (χ1) is 14.5. The van der Waals surface area contributed by atoms with E-state index < -0.39 is 0 Å². The van der Waals surface area contributed by atoms with E-state index in [0.717, 1.165) is 60.4 Å².